The van der Waals surface area contributed by atoms with Crippen LogP contribution in [0.5, 0.6) is 0 Å². The van der Waals surface area contributed by atoms with Gasteiger partial charge in [-0.25, -0.2) is 19.2 Å². The molecule has 33 heavy (non-hydrogen) atoms. The number of fused-ring (bicyclic) bond motifs is 1. The molecule has 0 saturated carbocycles. The fourth-order valence-corrected chi connectivity index (χ4v) is 3.79. The van der Waals surface area contributed by atoms with Crippen LogP contribution in [0.25, 0.3) is 10.9 Å². The molecule has 4 rings (SSSR count). The van der Waals surface area contributed by atoms with Crippen molar-refractivity contribution in [1.29, 1.82) is 0 Å². The standard InChI is InChI=1S/C22H17ClFN5O4/c1-22(7-8-28(11-22)21(30)31)6-5-13-9-17-14(10-18(13)29(32)33)20(26-12-25-17)27-16-4-2-3-15(23)19(16)24/h2-4,9-10,12H,7-8,11H2,1H3,(H,30,31)(H,25,26,27)/t22-/m0/s1. The van der Waals surface area contributed by atoms with E-state index in [4.69, 9.17) is 16.7 Å². The van der Waals surface area contributed by atoms with Crippen LogP contribution in [-0.2, 0) is 0 Å². The number of nitrogens with zero attached hydrogens (tertiary/aromatic N) is 4. The molecule has 1 fully saturated rings. The molecule has 0 radical (unpaired) electrons. The second-order valence-corrected chi connectivity index (χ2v) is 8.26. The Kier molecular flexibility index (Phi) is 5.74. The third kappa shape index (κ3) is 4.49. The van der Waals surface area contributed by atoms with Gasteiger partial charge in [-0.3, -0.25) is 10.1 Å². The van der Waals surface area contributed by atoms with Gasteiger partial charge < -0.3 is 15.3 Å². The number of aromatic nitrogens is 2. The summed E-state index contributed by atoms with van der Waals surface area (Å²) in [6, 6.07) is 7.17. The number of nitrogens with one attached hydrogen (secondary N) is 1. The number of hydrogen-bond acceptors (Lipinski definition) is 6. The van der Waals surface area contributed by atoms with Crippen LogP contribution in [0.1, 0.15) is 18.9 Å². The lowest BCUT2D eigenvalue weighted by atomic mass is 9.90. The highest BCUT2D eigenvalue weighted by Gasteiger charge is 2.34. The molecule has 1 aliphatic heterocycles. The van der Waals surface area contributed by atoms with Gasteiger partial charge in [-0.15, -0.1) is 0 Å². The monoisotopic (exact) mass is 469 g/mol. The van der Waals surface area contributed by atoms with Gasteiger partial charge in [0.2, 0.25) is 0 Å². The first-order chi connectivity index (χ1) is 15.7. The van der Waals surface area contributed by atoms with Crippen molar-refractivity contribution >= 4 is 45.8 Å². The molecule has 0 spiro atoms. The zero-order valence-electron chi connectivity index (χ0n) is 17.3. The molecule has 9 nitrogen and oxygen atoms in total. The first kappa shape index (κ1) is 22.2. The molecule has 1 aliphatic rings. The molecule has 168 valence electrons. The van der Waals surface area contributed by atoms with E-state index in [9.17, 15) is 19.3 Å². The predicted molar refractivity (Wildman–Crippen MR) is 120 cm³/mol. The number of likely N-dealkylation sites (tertiary alicyclic amines) is 1. The van der Waals surface area contributed by atoms with Crippen molar-refractivity contribution in [2.75, 3.05) is 18.4 Å². The van der Waals surface area contributed by atoms with Gasteiger partial charge in [0.15, 0.2) is 5.82 Å². The van der Waals surface area contributed by atoms with Crippen molar-refractivity contribution in [3.63, 3.8) is 0 Å². The molecule has 11 heteroatoms. The summed E-state index contributed by atoms with van der Waals surface area (Å²) in [5.41, 5.74) is -0.319. The third-order valence-electron chi connectivity index (χ3n) is 5.40. The zero-order valence-corrected chi connectivity index (χ0v) is 18.1. The Bertz CT molecular complexity index is 1360. The molecule has 2 heterocycles. The molecule has 0 unspecified atom stereocenters. The van der Waals surface area contributed by atoms with E-state index in [1.807, 2.05) is 6.92 Å². The van der Waals surface area contributed by atoms with Gasteiger partial charge in [0, 0.05) is 30.0 Å². The average molecular weight is 470 g/mol. The minimum absolute atomic E-state index is 0.0613. The lowest BCUT2D eigenvalue weighted by Crippen LogP contribution is -2.29. The van der Waals surface area contributed by atoms with Crippen molar-refractivity contribution in [2.24, 2.45) is 5.41 Å². The van der Waals surface area contributed by atoms with E-state index in [0.29, 0.717) is 23.9 Å². The molecule has 1 amide bonds. The van der Waals surface area contributed by atoms with Gasteiger partial charge in [0.25, 0.3) is 5.69 Å². The smallest absolute Gasteiger partial charge is 0.407 e. The highest BCUT2D eigenvalue weighted by molar-refractivity contribution is 6.31. The third-order valence-corrected chi connectivity index (χ3v) is 5.69. The quantitative estimate of drug-likeness (QED) is 0.320. The highest BCUT2D eigenvalue weighted by atomic mass is 35.5. The highest BCUT2D eigenvalue weighted by Crippen LogP contribution is 2.33. The van der Waals surface area contributed by atoms with E-state index in [-0.39, 0.29) is 34.3 Å². The summed E-state index contributed by atoms with van der Waals surface area (Å²) in [5, 5.41) is 24.0. The van der Waals surface area contributed by atoms with Gasteiger partial charge in [-0.2, -0.15) is 0 Å². The number of carbonyl (C=O) groups is 1. The van der Waals surface area contributed by atoms with E-state index < -0.39 is 22.2 Å². The van der Waals surface area contributed by atoms with Crippen LogP contribution in [0.3, 0.4) is 0 Å². The molecule has 2 N–H and O–H groups in total. The van der Waals surface area contributed by atoms with E-state index in [2.05, 4.69) is 27.1 Å². The summed E-state index contributed by atoms with van der Waals surface area (Å²) in [5.74, 6) is 5.34. The molecular weight excluding hydrogens is 453 g/mol. The van der Waals surface area contributed by atoms with Crippen molar-refractivity contribution in [3.05, 3.63) is 63.2 Å². The number of rotatable bonds is 3. The van der Waals surface area contributed by atoms with E-state index in [0.717, 1.165) is 0 Å². The van der Waals surface area contributed by atoms with E-state index in [1.54, 1.807) is 6.07 Å². The van der Waals surface area contributed by atoms with Crippen molar-refractivity contribution in [1.82, 2.24) is 14.9 Å². The summed E-state index contributed by atoms with van der Waals surface area (Å²) < 4.78 is 14.3. The summed E-state index contributed by atoms with van der Waals surface area (Å²) in [6.07, 6.45) is 0.749. The van der Waals surface area contributed by atoms with Crippen LogP contribution >= 0.6 is 11.6 Å². The molecule has 1 saturated heterocycles. The van der Waals surface area contributed by atoms with Gasteiger partial charge in [-0.05, 0) is 31.5 Å². The van der Waals surface area contributed by atoms with Crippen molar-refractivity contribution < 1.29 is 19.2 Å². The Morgan fingerprint density at radius 2 is 2.18 bits per heavy atom. The molecule has 0 bridgehead atoms. The number of halogens is 2. The van der Waals surface area contributed by atoms with Crippen LogP contribution in [-0.4, -0.2) is 44.1 Å². The molecule has 0 aliphatic carbocycles. The number of carboxylic acid groups (broad SMARTS) is 1. The molecule has 3 aromatic rings. The molecular formula is C22H17ClFN5O4. The normalized spacial score (nSPS) is 17.5. The summed E-state index contributed by atoms with van der Waals surface area (Å²) >= 11 is 5.82. The maximum Gasteiger partial charge on any atom is 0.407 e. The molecule has 1 aromatic heterocycles. The first-order valence-electron chi connectivity index (χ1n) is 9.82. The fraction of sp³-hybridized carbons (Fsp3) is 0.227. The van der Waals surface area contributed by atoms with Crippen LogP contribution in [0, 0.1) is 33.2 Å². The van der Waals surface area contributed by atoms with E-state index in [1.165, 1.54) is 35.5 Å². The Labute approximate surface area is 192 Å². The maximum atomic E-state index is 14.3. The Morgan fingerprint density at radius 1 is 1.39 bits per heavy atom. The first-order valence-corrected chi connectivity index (χ1v) is 10.2. The second-order valence-electron chi connectivity index (χ2n) is 7.86. The number of nitro benzene ring substituents is 1. The Hall–Kier alpha value is -3.97. The minimum Gasteiger partial charge on any atom is -0.465 e. The van der Waals surface area contributed by atoms with E-state index >= 15 is 0 Å². The lowest BCUT2D eigenvalue weighted by Gasteiger charge is -2.16. The van der Waals surface area contributed by atoms with Crippen LogP contribution in [0.2, 0.25) is 5.02 Å². The fourth-order valence-electron chi connectivity index (χ4n) is 3.61. The number of amides is 1. The van der Waals surface area contributed by atoms with Crippen LogP contribution in [0.4, 0.5) is 26.4 Å². The predicted octanol–water partition coefficient (Wildman–Crippen LogP) is 4.82. The number of nitro groups is 1. The van der Waals surface area contributed by atoms with Crippen LogP contribution in [0.15, 0.2) is 36.7 Å². The maximum absolute atomic E-state index is 14.3. The Morgan fingerprint density at radius 3 is 2.88 bits per heavy atom. The number of benzene rings is 2. The van der Waals surface area contributed by atoms with Crippen molar-refractivity contribution in [3.8, 4) is 11.8 Å². The van der Waals surface area contributed by atoms with Gasteiger partial charge in [0.1, 0.15) is 17.7 Å². The van der Waals surface area contributed by atoms with Crippen molar-refractivity contribution in [2.45, 2.75) is 13.3 Å². The number of hydrogen-bond donors (Lipinski definition) is 2. The molecule has 1 atom stereocenters. The number of anilines is 2. The van der Waals surface area contributed by atoms with Gasteiger partial charge in [0.05, 0.1) is 21.2 Å². The van der Waals surface area contributed by atoms with Gasteiger partial charge in [-0.1, -0.05) is 29.5 Å². The summed E-state index contributed by atoms with van der Waals surface area (Å²) in [7, 11) is 0. The second kappa shape index (κ2) is 8.52. The lowest BCUT2D eigenvalue weighted by molar-refractivity contribution is -0.385. The van der Waals surface area contributed by atoms with Gasteiger partial charge >= 0.3 is 6.09 Å². The summed E-state index contributed by atoms with van der Waals surface area (Å²) in [4.78, 5) is 31.9. The molecule has 2 aromatic carbocycles. The Balaban J connectivity index is 1.75. The summed E-state index contributed by atoms with van der Waals surface area (Å²) in [6.45, 7) is 2.39. The van der Waals surface area contributed by atoms with Crippen LogP contribution < -0.4 is 5.32 Å². The average Bonchev–Trinajstić information content (AvgIpc) is 3.18. The SMILES string of the molecule is C[C@]1(C#Cc2cc3ncnc(Nc4cccc(Cl)c4F)c3cc2[N+](=O)[O-])CCN(C(=O)O)C1. The minimum atomic E-state index is -1.02. The largest absolute Gasteiger partial charge is 0.465 e. The topological polar surface area (TPSA) is 121 Å². The zero-order chi connectivity index (χ0) is 23.8.